The molecule has 2 amide bonds. The lowest BCUT2D eigenvalue weighted by Gasteiger charge is -2.31. The van der Waals surface area contributed by atoms with Gasteiger partial charge in [0, 0.05) is 30.2 Å². The fraction of sp³-hybridized carbons (Fsp3) is 0.269. The summed E-state index contributed by atoms with van der Waals surface area (Å²) in [7, 11) is 0. The number of carbonyl (C=O) groups excluding carboxylic acids is 2. The first kappa shape index (κ1) is 24.0. The lowest BCUT2D eigenvalue weighted by atomic mass is 10.0. The van der Waals surface area contributed by atoms with Gasteiger partial charge in [0.25, 0.3) is 0 Å². The Kier molecular flexibility index (Phi) is 7.45. The van der Waals surface area contributed by atoms with Crippen molar-refractivity contribution in [1.82, 2.24) is 25.3 Å². The average Bonchev–Trinajstić information content (AvgIpc) is 3.26. The van der Waals surface area contributed by atoms with Crippen LogP contribution in [0.25, 0.3) is 11.0 Å². The van der Waals surface area contributed by atoms with Crippen LogP contribution >= 0.6 is 0 Å². The van der Waals surface area contributed by atoms with Crippen LogP contribution in [-0.2, 0) is 16.1 Å². The van der Waals surface area contributed by atoms with E-state index in [1.807, 2.05) is 24.3 Å². The second kappa shape index (κ2) is 10.9. The molecule has 0 saturated heterocycles. The maximum Gasteiger partial charge on any atom is 0.249 e. The van der Waals surface area contributed by atoms with Gasteiger partial charge in [0.2, 0.25) is 11.8 Å². The highest BCUT2D eigenvalue weighted by Gasteiger charge is 2.33. The average molecular weight is 475 g/mol. The fourth-order valence-electron chi connectivity index (χ4n) is 3.81. The highest BCUT2D eigenvalue weighted by Crippen LogP contribution is 2.28. The molecule has 0 saturated carbocycles. The van der Waals surface area contributed by atoms with Crippen molar-refractivity contribution in [3.63, 3.8) is 0 Å². The zero-order valence-corrected chi connectivity index (χ0v) is 19.6. The van der Waals surface area contributed by atoms with Crippen LogP contribution in [0.15, 0.2) is 73.1 Å². The van der Waals surface area contributed by atoms with Gasteiger partial charge in [0.15, 0.2) is 0 Å². The van der Waals surface area contributed by atoms with Crippen LogP contribution in [0.3, 0.4) is 0 Å². The molecule has 1 unspecified atom stereocenters. The molecule has 4 rings (SSSR count). The van der Waals surface area contributed by atoms with Gasteiger partial charge in [-0.2, -0.15) is 0 Å². The minimum atomic E-state index is -1.01. The number of halogens is 1. The van der Waals surface area contributed by atoms with Crippen molar-refractivity contribution in [1.29, 1.82) is 0 Å². The zero-order chi connectivity index (χ0) is 24.8. The molecule has 0 fully saturated rings. The number of hydrogen-bond acceptors (Lipinski definition) is 5. The maximum absolute atomic E-state index is 13.8. The SMILES string of the molecule is CC(C)CCNC(=O)C(c1cccnc1)N(C(=O)Cn1nnc2ccccc21)c1ccc(F)cc1. The Bertz CT molecular complexity index is 1290. The third-order valence-corrected chi connectivity index (χ3v) is 5.61. The van der Waals surface area contributed by atoms with E-state index in [0.717, 1.165) is 6.42 Å². The summed E-state index contributed by atoms with van der Waals surface area (Å²) in [5, 5.41) is 11.2. The standard InChI is InChI=1S/C26H27FN6O2/c1-18(2)13-15-29-26(35)25(19-6-5-14-28-16-19)33(21-11-9-20(27)10-12-21)24(34)17-32-23-8-4-3-7-22(23)30-31-32/h3-12,14,16,18,25H,13,15,17H2,1-2H3,(H,29,35). The number of amides is 2. The third-order valence-electron chi connectivity index (χ3n) is 5.61. The van der Waals surface area contributed by atoms with Gasteiger partial charge in [-0.25, -0.2) is 9.07 Å². The number of aromatic nitrogens is 4. The van der Waals surface area contributed by atoms with Crippen molar-refractivity contribution in [3.05, 3.63) is 84.4 Å². The molecule has 0 aliphatic carbocycles. The van der Waals surface area contributed by atoms with E-state index < -0.39 is 17.8 Å². The van der Waals surface area contributed by atoms with Crippen molar-refractivity contribution in [2.75, 3.05) is 11.4 Å². The first-order valence-corrected chi connectivity index (χ1v) is 11.5. The molecule has 0 radical (unpaired) electrons. The predicted molar refractivity (Wildman–Crippen MR) is 131 cm³/mol. The number of benzene rings is 2. The lowest BCUT2D eigenvalue weighted by Crippen LogP contribution is -2.45. The van der Waals surface area contributed by atoms with Crippen LogP contribution < -0.4 is 10.2 Å². The Morgan fingerprint density at radius 2 is 1.83 bits per heavy atom. The molecule has 2 heterocycles. The van der Waals surface area contributed by atoms with Gasteiger partial charge in [0.1, 0.15) is 23.9 Å². The number of nitrogens with zero attached hydrogens (tertiary/aromatic N) is 5. The highest BCUT2D eigenvalue weighted by molar-refractivity contribution is 6.01. The van der Waals surface area contributed by atoms with Gasteiger partial charge in [-0.1, -0.05) is 37.3 Å². The number of fused-ring (bicyclic) bond motifs is 1. The molecular formula is C26H27FN6O2. The normalized spacial score (nSPS) is 12.0. The van der Waals surface area contributed by atoms with Gasteiger partial charge >= 0.3 is 0 Å². The van der Waals surface area contributed by atoms with Crippen LogP contribution in [0, 0.1) is 11.7 Å². The Morgan fingerprint density at radius 1 is 1.06 bits per heavy atom. The lowest BCUT2D eigenvalue weighted by molar-refractivity contribution is -0.127. The van der Waals surface area contributed by atoms with E-state index in [-0.39, 0.29) is 12.5 Å². The second-order valence-electron chi connectivity index (χ2n) is 8.64. The van der Waals surface area contributed by atoms with Crippen molar-refractivity contribution >= 4 is 28.5 Å². The van der Waals surface area contributed by atoms with Gasteiger partial charge in [-0.15, -0.1) is 5.10 Å². The molecule has 0 aliphatic rings. The van der Waals surface area contributed by atoms with Crippen molar-refractivity contribution in [2.24, 2.45) is 5.92 Å². The molecule has 4 aromatic rings. The van der Waals surface area contributed by atoms with Crippen molar-refractivity contribution in [3.8, 4) is 0 Å². The van der Waals surface area contributed by atoms with E-state index in [4.69, 9.17) is 0 Å². The van der Waals surface area contributed by atoms with Crippen molar-refractivity contribution < 1.29 is 14.0 Å². The predicted octanol–water partition coefficient (Wildman–Crippen LogP) is 3.90. The molecule has 35 heavy (non-hydrogen) atoms. The summed E-state index contributed by atoms with van der Waals surface area (Å²) < 4.78 is 15.2. The molecular weight excluding hydrogens is 447 g/mol. The second-order valence-corrected chi connectivity index (χ2v) is 8.64. The van der Waals surface area contributed by atoms with Crippen LogP contribution in [-0.4, -0.2) is 38.3 Å². The van der Waals surface area contributed by atoms with E-state index in [2.05, 4.69) is 34.5 Å². The summed E-state index contributed by atoms with van der Waals surface area (Å²) in [6.07, 6.45) is 3.95. The molecule has 0 aliphatic heterocycles. The third kappa shape index (κ3) is 5.68. The summed E-state index contributed by atoms with van der Waals surface area (Å²) in [5.74, 6) is -0.787. The molecule has 9 heteroatoms. The zero-order valence-electron chi connectivity index (χ0n) is 19.6. The van der Waals surface area contributed by atoms with E-state index in [0.29, 0.717) is 34.7 Å². The smallest absolute Gasteiger partial charge is 0.249 e. The number of carbonyl (C=O) groups is 2. The van der Waals surface area contributed by atoms with Gasteiger partial charge in [-0.3, -0.25) is 19.5 Å². The molecule has 2 aromatic carbocycles. The first-order valence-electron chi connectivity index (χ1n) is 11.5. The Balaban J connectivity index is 1.73. The number of hydrogen-bond donors (Lipinski definition) is 1. The number of para-hydroxylation sites is 1. The summed E-state index contributed by atoms with van der Waals surface area (Å²) in [4.78, 5) is 32.8. The van der Waals surface area contributed by atoms with Crippen LogP contribution in [0.2, 0.25) is 0 Å². The van der Waals surface area contributed by atoms with E-state index in [9.17, 15) is 14.0 Å². The highest BCUT2D eigenvalue weighted by atomic mass is 19.1. The fourth-order valence-corrected chi connectivity index (χ4v) is 3.81. The summed E-state index contributed by atoms with van der Waals surface area (Å²) in [6.45, 7) is 4.45. The molecule has 0 bridgehead atoms. The number of anilines is 1. The van der Waals surface area contributed by atoms with Crippen LogP contribution in [0.1, 0.15) is 31.9 Å². The molecule has 0 spiro atoms. The topological polar surface area (TPSA) is 93.0 Å². The molecule has 2 aromatic heterocycles. The quantitative estimate of drug-likeness (QED) is 0.397. The largest absolute Gasteiger partial charge is 0.354 e. The van der Waals surface area contributed by atoms with Gasteiger partial charge < -0.3 is 5.32 Å². The van der Waals surface area contributed by atoms with Crippen molar-refractivity contribution in [2.45, 2.75) is 32.9 Å². The summed E-state index contributed by atoms with van der Waals surface area (Å²) >= 11 is 0. The summed E-state index contributed by atoms with van der Waals surface area (Å²) in [6, 6.07) is 15.2. The summed E-state index contributed by atoms with van der Waals surface area (Å²) in [5.41, 5.74) is 2.27. The van der Waals surface area contributed by atoms with E-state index in [1.54, 1.807) is 24.5 Å². The van der Waals surface area contributed by atoms with Gasteiger partial charge in [-0.05, 0) is 54.8 Å². The van der Waals surface area contributed by atoms with Crippen LogP contribution in [0.4, 0.5) is 10.1 Å². The Morgan fingerprint density at radius 3 is 2.54 bits per heavy atom. The Labute approximate surface area is 202 Å². The molecule has 8 nitrogen and oxygen atoms in total. The van der Waals surface area contributed by atoms with E-state index >= 15 is 0 Å². The molecule has 1 atom stereocenters. The number of rotatable bonds is 9. The molecule has 180 valence electrons. The minimum Gasteiger partial charge on any atom is -0.354 e. The van der Waals surface area contributed by atoms with Crippen LogP contribution in [0.5, 0.6) is 0 Å². The maximum atomic E-state index is 13.8. The number of pyridine rings is 1. The monoisotopic (exact) mass is 474 g/mol. The Hall–Kier alpha value is -4.14. The van der Waals surface area contributed by atoms with Gasteiger partial charge in [0.05, 0.1) is 5.52 Å². The number of nitrogens with one attached hydrogen (secondary N) is 1. The molecule has 1 N–H and O–H groups in total. The minimum absolute atomic E-state index is 0.159. The van der Waals surface area contributed by atoms with E-state index in [1.165, 1.54) is 33.8 Å². The first-order chi connectivity index (χ1) is 16.9.